The predicted octanol–water partition coefficient (Wildman–Crippen LogP) is 6.87. The Balaban J connectivity index is 1.36. The summed E-state index contributed by atoms with van der Waals surface area (Å²) in [7, 11) is 0. The van der Waals surface area contributed by atoms with Gasteiger partial charge in [-0.1, -0.05) is 48.5 Å². The first-order valence-electron chi connectivity index (χ1n) is 9.80. The molecular weight excluding hydrogens is 472 g/mol. The fraction of sp³-hybridized carbons (Fsp3) is 0.120. The number of aromatic nitrogens is 1. The van der Waals surface area contributed by atoms with Crippen molar-refractivity contribution in [3.8, 4) is 28.1 Å². The number of carbonyl (C=O) groups is 1. The largest absolute Gasteiger partial charge is 0.483 e. The number of hydrogen-bond acceptors (Lipinski definition) is 4. The minimum absolute atomic E-state index is 0.0954. The topological polar surface area (TPSA) is 51.2 Å². The van der Waals surface area contributed by atoms with Crippen molar-refractivity contribution in [2.75, 3.05) is 11.9 Å². The Kier molecular flexibility index (Phi) is 6.49. The summed E-state index contributed by atoms with van der Waals surface area (Å²) >= 11 is 4.93. The third-order valence-corrected chi connectivity index (χ3v) is 6.33. The number of benzene rings is 3. The maximum Gasteiger partial charge on any atom is 0.264 e. The summed E-state index contributed by atoms with van der Waals surface area (Å²) in [5.74, 6) is 0.366. The Labute approximate surface area is 194 Å². The van der Waals surface area contributed by atoms with Crippen molar-refractivity contribution in [3.63, 3.8) is 0 Å². The Hall–Kier alpha value is -2.96. The van der Waals surface area contributed by atoms with Gasteiger partial charge >= 0.3 is 0 Å². The Morgan fingerprint density at radius 2 is 1.74 bits per heavy atom. The van der Waals surface area contributed by atoms with E-state index < -0.39 is 0 Å². The zero-order valence-corrected chi connectivity index (χ0v) is 19.6. The van der Waals surface area contributed by atoms with Crippen molar-refractivity contribution in [2.24, 2.45) is 0 Å². The van der Waals surface area contributed by atoms with Gasteiger partial charge in [0.05, 0.1) is 10.2 Å². The molecule has 0 saturated carbocycles. The molecule has 1 amide bonds. The maximum absolute atomic E-state index is 12.3. The van der Waals surface area contributed by atoms with Crippen molar-refractivity contribution >= 4 is 38.3 Å². The molecule has 0 aliphatic heterocycles. The van der Waals surface area contributed by atoms with E-state index in [9.17, 15) is 4.79 Å². The van der Waals surface area contributed by atoms with Gasteiger partial charge in [-0.05, 0) is 70.2 Å². The van der Waals surface area contributed by atoms with Crippen LogP contribution in [0.5, 0.6) is 5.75 Å². The van der Waals surface area contributed by atoms with Crippen LogP contribution in [0.3, 0.4) is 0 Å². The van der Waals surface area contributed by atoms with E-state index in [4.69, 9.17) is 4.74 Å². The first-order chi connectivity index (χ1) is 15.0. The van der Waals surface area contributed by atoms with Gasteiger partial charge < -0.3 is 4.74 Å². The van der Waals surface area contributed by atoms with Crippen molar-refractivity contribution in [1.29, 1.82) is 0 Å². The molecule has 1 aromatic heterocycles. The monoisotopic (exact) mass is 492 g/mol. The minimum Gasteiger partial charge on any atom is -0.483 e. The number of ether oxygens (including phenoxy) is 1. The number of aryl methyl sites for hydroxylation is 2. The number of amides is 1. The highest BCUT2D eigenvalue weighted by atomic mass is 79.9. The zero-order valence-electron chi connectivity index (χ0n) is 17.2. The van der Waals surface area contributed by atoms with Crippen LogP contribution in [0.4, 0.5) is 5.13 Å². The zero-order chi connectivity index (χ0) is 21.8. The van der Waals surface area contributed by atoms with Crippen LogP contribution in [-0.4, -0.2) is 17.5 Å². The molecule has 0 unspecified atom stereocenters. The molecule has 0 spiro atoms. The van der Waals surface area contributed by atoms with Crippen molar-refractivity contribution in [2.45, 2.75) is 13.8 Å². The highest BCUT2D eigenvalue weighted by Gasteiger charge is 2.11. The molecule has 4 rings (SSSR count). The van der Waals surface area contributed by atoms with Gasteiger partial charge in [0.25, 0.3) is 5.91 Å². The summed E-state index contributed by atoms with van der Waals surface area (Å²) in [6.07, 6.45) is 0. The van der Waals surface area contributed by atoms with Gasteiger partial charge in [0.1, 0.15) is 5.75 Å². The molecule has 0 atom stereocenters. The van der Waals surface area contributed by atoms with Crippen LogP contribution in [0.1, 0.15) is 11.1 Å². The fourth-order valence-corrected chi connectivity index (χ4v) is 4.32. The second-order valence-electron chi connectivity index (χ2n) is 7.19. The standard InChI is InChI=1S/C25H21BrN2O2S/c1-16-8-9-20(12-17(16)2)22-15-31-25(27-22)28-24(29)14-30-23-11-10-19(13-21(23)26)18-6-4-3-5-7-18/h3-13,15H,14H2,1-2H3,(H,27,28,29). The lowest BCUT2D eigenvalue weighted by atomic mass is 10.1. The van der Waals surface area contributed by atoms with E-state index in [1.54, 1.807) is 0 Å². The van der Waals surface area contributed by atoms with E-state index in [1.807, 2.05) is 47.8 Å². The summed E-state index contributed by atoms with van der Waals surface area (Å²) in [5.41, 5.74) is 6.55. The van der Waals surface area contributed by atoms with Gasteiger partial charge in [0.15, 0.2) is 11.7 Å². The van der Waals surface area contributed by atoms with E-state index in [0.717, 1.165) is 26.9 Å². The van der Waals surface area contributed by atoms with Gasteiger partial charge in [0.2, 0.25) is 0 Å². The lowest BCUT2D eigenvalue weighted by Gasteiger charge is -2.10. The molecule has 6 heteroatoms. The molecule has 156 valence electrons. The number of carbonyl (C=O) groups excluding carboxylic acids is 1. The minimum atomic E-state index is -0.250. The van der Waals surface area contributed by atoms with E-state index in [1.165, 1.54) is 22.5 Å². The molecule has 0 fully saturated rings. The van der Waals surface area contributed by atoms with Gasteiger partial charge in [-0.2, -0.15) is 0 Å². The van der Waals surface area contributed by atoms with Gasteiger partial charge in [0, 0.05) is 10.9 Å². The van der Waals surface area contributed by atoms with E-state index in [-0.39, 0.29) is 12.5 Å². The fourth-order valence-electron chi connectivity index (χ4n) is 3.09. The van der Waals surface area contributed by atoms with Crippen LogP contribution in [0.15, 0.2) is 76.6 Å². The molecule has 1 N–H and O–H groups in total. The SMILES string of the molecule is Cc1ccc(-c2csc(NC(=O)COc3ccc(-c4ccccc4)cc3Br)n2)cc1C. The number of nitrogens with zero attached hydrogens (tertiary/aromatic N) is 1. The Morgan fingerprint density at radius 1 is 0.968 bits per heavy atom. The smallest absolute Gasteiger partial charge is 0.264 e. The molecule has 3 aromatic carbocycles. The van der Waals surface area contributed by atoms with Crippen LogP contribution in [-0.2, 0) is 4.79 Å². The molecule has 0 bridgehead atoms. The molecule has 1 heterocycles. The molecule has 0 aliphatic carbocycles. The second-order valence-corrected chi connectivity index (χ2v) is 8.90. The molecule has 4 aromatic rings. The first-order valence-corrected chi connectivity index (χ1v) is 11.5. The van der Waals surface area contributed by atoms with Crippen LogP contribution < -0.4 is 10.1 Å². The van der Waals surface area contributed by atoms with E-state index in [2.05, 4.69) is 64.3 Å². The third kappa shape index (κ3) is 5.21. The Bertz CT molecular complexity index is 1220. The number of anilines is 1. The first kappa shape index (κ1) is 21.3. The lowest BCUT2D eigenvalue weighted by Crippen LogP contribution is -2.20. The third-order valence-electron chi connectivity index (χ3n) is 4.95. The van der Waals surface area contributed by atoms with Gasteiger partial charge in [-0.3, -0.25) is 10.1 Å². The highest BCUT2D eigenvalue weighted by molar-refractivity contribution is 9.10. The average molecular weight is 493 g/mol. The van der Waals surface area contributed by atoms with E-state index in [0.29, 0.717) is 10.9 Å². The van der Waals surface area contributed by atoms with E-state index >= 15 is 0 Å². The molecular formula is C25H21BrN2O2S. The molecule has 0 saturated heterocycles. The number of hydrogen-bond donors (Lipinski definition) is 1. The summed E-state index contributed by atoms with van der Waals surface area (Å²) in [5, 5.41) is 5.31. The normalized spacial score (nSPS) is 10.7. The molecule has 0 radical (unpaired) electrons. The van der Waals surface area contributed by atoms with Crippen LogP contribution in [0.2, 0.25) is 0 Å². The summed E-state index contributed by atoms with van der Waals surface area (Å²) in [4.78, 5) is 16.9. The maximum atomic E-state index is 12.3. The molecule has 0 aliphatic rings. The van der Waals surface area contributed by atoms with Crippen molar-refractivity contribution in [1.82, 2.24) is 4.98 Å². The number of rotatable bonds is 6. The van der Waals surface area contributed by atoms with Crippen LogP contribution >= 0.6 is 27.3 Å². The Morgan fingerprint density at radius 3 is 2.48 bits per heavy atom. The predicted molar refractivity (Wildman–Crippen MR) is 131 cm³/mol. The number of halogens is 1. The second kappa shape index (κ2) is 9.45. The summed E-state index contributed by atoms with van der Waals surface area (Å²) < 4.78 is 6.50. The van der Waals surface area contributed by atoms with Crippen LogP contribution in [0, 0.1) is 13.8 Å². The molecule has 31 heavy (non-hydrogen) atoms. The van der Waals surface area contributed by atoms with Crippen LogP contribution in [0.25, 0.3) is 22.4 Å². The average Bonchev–Trinajstić information content (AvgIpc) is 3.23. The van der Waals surface area contributed by atoms with Gasteiger partial charge in [-0.15, -0.1) is 11.3 Å². The van der Waals surface area contributed by atoms with Crippen molar-refractivity contribution in [3.05, 3.63) is 87.7 Å². The summed E-state index contributed by atoms with van der Waals surface area (Å²) in [6, 6.07) is 22.2. The summed E-state index contributed by atoms with van der Waals surface area (Å²) in [6.45, 7) is 4.07. The quantitative estimate of drug-likeness (QED) is 0.319. The number of nitrogens with one attached hydrogen (secondary N) is 1. The lowest BCUT2D eigenvalue weighted by molar-refractivity contribution is -0.118. The van der Waals surface area contributed by atoms with Gasteiger partial charge in [-0.25, -0.2) is 4.98 Å². The van der Waals surface area contributed by atoms with Crippen molar-refractivity contribution < 1.29 is 9.53 Å². The molecule has 4 nitrogen and oxygen atoms in total. The highest BCUT2D eigenvalue weighted by Crippen LogP contribution is 2.31. The number of thiazole rings is 1.